The van der Waals surface area contributed by atoms with Gasteiger partial charge in [-0.2, -0.15) is 0 Å². The molecule has 0 aliphatic heterocycles. The molecule has 0 saturated heterocycles. The summed E-state index contributed by atoms with van der Waals surface area (Å²) in [7, 11) is 2.71. The zero-order chi connectivity index (χ0) is 10.4. The van der Waals surface area contributed by atoms with Gasteiger partial charge in [0.15, 0.2) is 0 Å². The van der Waals surface area contributed by atoms with Gasteiger partial charge >= 0.3 is 0 Å². The fourth-order valence-electron chi connectivity index (χ4n) is 1.49. The minimum atomic E-state index is 0. The van der Waals surface area contributed by atoms with Crippen LogP contribution in [0.1, 0.15) is 31.5 Å². The molecule has 0 bridgehead atoms. The standard InChI is InChI=1S/C10H14O.CH4O.2CH4.CH3.Y/c1-7-5-8(2)10(11-4)9(3)6-7;1-2;;;;/h5-6H,1-4H3;2H,1H3;2*1H4;1H3;/q;;;;-1;. The minimum absolute atomic E-state index is 0. The van der Waals surface area contributed by atoms with E-state index in [-0.39, 0.29) is 55.0 Å². The quantitative estimate of drug-likeness (QED) is 0.795. The van der Waals surface area contributed by atoms with Crippen molar-refractivity contribution in [3.63, 3.8) is 0 Å². The van der Waals surface area contributed by atoms with Crippen LogP contribution in [0.15, 0.2) is 12.1 Å². The first kappa shape index (κ1) is 30.3. The number of ether oxygens (including phenoxy) is 1. The third-order valence-electron chi connectivity index (χ3n) is 1.81. The summed E-state index contributed by atoms with van der Waals surface area (Å²) >= 11 is 0. The second kappa shape index (κ2) is 16.1. The van der Waals surface area contributed by atoms with E-state index in [1.165, 1.54) is 16.7 Å². The van der Waals surface area contributed by atoms with E-state index in [1.807, 2.05) is 0 Å². The van der Waals surface area contributed by atoms with Crippen LogP contribution in [0.5, 0.6) is 5.75 Å². The largest absolute Gasteiger partial charge is 0.496 e. The zero-order valence-electron chi connectivity index (χ0n) is 10.6. The van der Waals surface area contributed by atoms with Gasteiger partial charge in [0.25, 0.3) is 0 Å². The molecule has 0 atom stereocenters. The van der Waals surface area contributed by atoms with E-state index >= 15 is 0 Å². The first-order valence-electron chi connectivity index (χ1n) is 4.21. The van der Waals surface area contributed by atoms with Crippen molar-refractivity contribution in [2.75, 3.05) is 14.2 Å². The first-order valence-corrected chi connectivity index (χ1v) is 4.21. The first-order chi connectivity index (χ1) is 6.15. The molecule has 0 spiro atoms. The Morgan fingerprint density at radius 3 is 1.47 bits per heavy atom. The van der Waals surface area contributed by atoms with E-state index in [1.54, 1.807) is 7.11 Å². The van der Waals surface area contributed by atoms with Crippen molar-refractivity contribution in [2.45, 2.75) is 35.6 Å². The molecule has 0 fully saturated rings. The van der Waals surface area contributed by atoms with Crippen LogP contribution in [-0.4, -0.2) is 19.3 Å². The van der Waals surface area contributed by atoms with E-state index in [4.69, 9.17) is 9.84 Å². The van der Waals surface area contributed by atoms with Gasteiger partial charge in [-0.15, -0.1) is 0 Å². The molecule has 3 heteroatoms. The number of methoxy groups -OCH3 is 1. The number of hydrogen-bond donors (Lipinski definition) is 1. The molecule has 2 nitrogen and oxygen atoms in total. The van der Waals surface area contributed by atoms with Gasteiger partial charge in [0, 0.05) is 39.8 Å². The molecule has 17 heavy (non-hydrogen) atoms. The Morgan fingerprint density at radius 1 is 0.941 bits per heavy atom. The summed E-state index contributed by atoms with van der Waals surface area (Å²) in [6.07, 6.45) is 0. The molecule has 0 unspecified atom stereocenters. The van der Waals surface area contributed by atoms with Crippen LogP contribution >= 0.6 is 0 Å². The van der Waals surface area contributed by atoms with E-state index in [0.717, 1.165) is 12.9 Å². The van der Waals surface area contributed by atoms with Crippen molar-refractivity contribution in [2.24, 2.45) is 0 Å². The van der Waals surface area contributed by atoms with Crippen molar-refractivity contribution in [3.05, 3.63) is 36.2 Å². The third kappa shape index (κ3) is 9.76. The SMILES string of the molecule is C.C.CO.COc1c(C)cc(C)cc1C.[CH3-].[Y]. The number of hydrogen-bond acceptors (Lipinski definition) is 2. The van der Waals surface area contributed by atoms with Crippen molar-refractivity contribution < 1.29 is 42.6 Å². The van der Waals surface area contributed by atoms with Gasteiger partial charge in [-0.25, -0.2) is 0 Å². The van der Waals surface area contributed by atoms with Gasteiger partial charge in [0.1, 0.15) is 5.75 Å². The van der Waals surface area contributed by atoms with Gasteiger partial charge in [-0.1, -0.05) is 32.5 Å². The third-order valence-corrected chi connectivity index (χ3v) is 1.81. The van der Waals surface area contributed by atoms with Crippen LogP contribution in [0.25, 0.3) is 0 Å². The van der Waals surface area contributed by atoms with Crippen LogP contribution in [0.3, 0.4) is 0 Å². The Balaban J connectivity index is -0.0000000760. The molecule has 0 aliphatic rings. The fourth-order valence-corrected chi connectivity index (χ4v) is 1.49. The Morgan fingerprint density at radius 2 is 1.24 bits per heavy atom. The Kier molecular flexibility index (Phi) is 28.6. The molecule has 0 aliphatic carbocycles. The number of aryl methyl sites for hydroxylation is 3. The Labute approximate surface area is 134 Å². The second-order valence-corrected chi connectivity index (χ2v) is 2.93. The summed E-state index contributed by atoms with van der Waals surface area (Å²) in [5.74, 6) is 1.01. The summed E-state index contributed by atoms with van der Waals surface area (Å²) in [5.41, 5.74) is 3.72. The van der Waals surface area contributed by atoms with Gasteiger partial charge in [0.2, 0.25) is 0 Å². The summed E-state index contributed by atoms with van der Waals surface area (Å²) in [6, 6.07) is 4.26. The van der Waals surface area contributed by atoms with Crippen LogP contribution < -0.4 is 4.74 Å². The maximum absolute atomic E-state index is 7.00. The number of benzene rings is 1. The normalized spacial score (nSPS) is 6.71. The average molecular weight is 318 g/mol. The van der Waals surface area contributed by atoms with Gasteiger partial charge in [0.05, 0.1) is 7.11 Å². The monoisotopic (exact) mass is 318 g/mol. The van der Waals surface area contributed by atoms with Gasteiger partial charge in [-0.05, 0) is 31.9 Å². The molecular formula is C14H29O2Y-. The van der Waals surface area contributed by atoms with E-state index in [2.05, 4.69) is 32.9 Å². The number of aliphatic hydroxyl groups is 1. The van der Waals surface area contributed by atoms with E-state index in [0.29, 0.717) is 0 Å². The molecule has 0 heterocycles. The van der Waals surface area contributed by atoms with Crippen molar-refractivity contribution in [3.8, 4) is 5.75 Å². The average Bonchev–Trinajstić information content (AvgIpc) is 2.07. The van der Waals surface area contributed by atoms with E-state index in [9.17, 15) is 0 Å². The minimum Gasteiger partial charge on any atom is -0.496 e. The van der Waals surface area contributed by atoms with Crippen molar-refractivity contribution in [1.29, 1.82) is 0 Å². The van der Waals surface area contributed by atoms with Gasteiger partial charge < -0.3 is 17.3 Å². The smallest absolute Gasteiger partial charge is 0.124 e. The molecule has 0 saturated carbocycles. The maximum Gasteiger partial charge on any atom is 0.124 e. The van der Waals surface area contributed by atoms with Crippen LogP contribution in [0.4, 0.5) is 0 Å². The Hall–Kier alpha value is 0.0839. The second-order valence-electron chi connectivity index (χ2n) is 2.93. The molecule has 0 aromatic heterocycles. The van der Waals surface area contributed by atoms with Crippen molar-refractivity contribution >= 4 is 0 Å². The van der Waals surface area contributed by atoms with Gasteiger partial charge in [-0.3, -0.25) is 0 Å². The summed E-state index contributed by atoms with van der Waals surface area (Å²) in [5, 5.41) is 7.00. The molecule has 1 aromatic rings. The molecule has 1 rings (SSSR count). The molecule has 1 radical (unpaired) electrons. The summed E-state index contributed by atoms with van der Waals surface area (Å²) in [4.78, 5) is 0. The molecule has 1 aromatic carbocycles. The van der Waals surface area contributed by atoms with Crippen LogP contribution in [0.2, 0.25) is 0 Å². The molecule has 101 valence electrons. The fraction of sp³-hybridized carbons (Fsp3) is 0.500. The van der Waals surface area contributed by atoms with E-state index < -0.39 is 0 Å². The van der Waals surface area contributed by atoms with Crippen LogP contribution in [0, 0.1) is 28.2 Å². The zero-order valence-corrected chi connectivity index (χ0v) is 13.4. The Bertz CT molecular complexity index is 250. The number of rotatable bonds is 1. The van der Waals surface area contributed by atoms with Crippen molar-refractivity contribution in [1.82, 2.24) is 0 Å². The predicted molar refractivity (Wildman–Crippen MR) is 75.2 cm³/mol. The molecule has 0 amide bonds. The summed E-state index contributed by atoms with van der Waals surface area (Å²) < 4.78 is 5.23. The molecular weight excluding hydrogens is 289 g/mol. The predicted octanol–water partition coefficient (Wildman–Crippen LogP) is 3.95. The van der Waals surface area contributed by atoms with Crippen LogP contribution in [-0.2, 0) is 32.7 Å². The number of aliphatic hydroxyl groups excluding tert-OH is 1. The molecule has 1 N–H and O–H groups in total. The topological polar surface area (TPSA) is 29.5 Å². The summed E-state index contributed by atoms with van der Waals surface area (Å²) in [6.45, 7) is 6.23. The maximum atomic E-state index is 7.00.